The molecule has 94 valence electrons. The Morgan fingerprint density at radius 2 is 2.24 bits per heavy atom. The quantitative estimate of drug-likeness (QED) is 0.762. The Kier molecular flexibility index (Phi) is 5.92. The molecule has 0 unspecified atom stereocenters. The van der Waals surface area contributed by atoms with Gasteiger partial charge in [0.2, 0.25) is 5.91 Å². The maximum atomic E-state index is 13.5. The van der Waals surface area contributed by atoms with Gasteiger partial charge in [-0.3, -0.25) is 4.79 Å². The highest BCUT2D eigenvalue weighted by Gasteiger charge is 2.16. The van der Waals surface area contributed by atoms with Gasteiger partial charge in [-0.05, 0) is 19.1 Å². The summed E-state index contributed by atoms with van der Waals surface area (Å²) < 4.78 is 13.5. The van der Waals surface area contributed by atoms with E-state index in [0.717, 1.165) is 0 Å². The predicted molar refractivity (Wildman–Crippen MR) is 71.2 cm³/mol. The summed E-state index contributed by atoms with van der Waals surface area (Å²) in [5, 5.41) is 1.01. The fourth-order valence-corrected chi connectivity index (χ4v) is 2.18. The van der Waals surface area contributed by atoms with Crippen molar-refractivity contribution in [1.82, 2.24) is 4.90 Å². The highest BCUT2D eigenvalue weighted by molar-refractivity contribution is 9.09. The zero-order valence-corrected chi connectivity index (χ0v) is 11.9. The number of carbonyl (C=O) groups is 1. The number of alkyl halides is 1. The average Bonchev–Trinajstić information content (AvgIpc) is 2.30. The Bertz CT molecular complexity index is 380. The molecule has 0 saturated carbocycles. The SMILES string of the molecule is CCN(CCBr)C(=O)Cc1c(F)cccc1Cl. The molecular weight excluding hydrogens is 308 g/mol. The molecule has 0 N–H and O–H groups in total. The molecule has 1 aromatic rings. The van der Waals surface area contributed by atoms with Gasteiger partial charge in [-0.2, -0.15) is 0 Å². The second-order valence-electron chi connectivity index (χ2n) is 3.54. The summed E-state index contributed by atoms with van der Waals surface area (Å²) in [4.78, 5) is 13.6. The van der Waals surface area contributed by atoms with Crippen LogP contribution in [0.5, 0.6) is 0 Å². The summed E-state index contributed by atoms with van der Waals surface area (Å²) in [6, 6.07) is 4.44. The third kappa shape index (κ3) is 3.96. The molecule has 0 fully saturated rings. The second kappa shape index (κ2) is 6.97. The van der Waals surface area contributed by atoms with Crippen LogP contribution in [-0.4, -0.2) is 29.2 Å². The van der Waals surface area contributed by atoms with Gasteiger partial charge in [-0.1, -0.05) is 33.6 Å². The number of halogens is 3. The van der Waals surface area contributed by atoms with Crippen molar-refractivity contribution >= 4 is 33.4 Å². The molecule has 0 radical (unpaired) electrons. The molecule has 2 nitrogen and oxygen atoms in total. The van der Waals surface area contributed by atoms with E-state index in [4.69, 9.17) is 11.6 Å². The van der Waals surface area contributed by atoms with E-state index < -0.39 is 5.82 Å². The van der Waals surface area contributed by atoms with E-state index >= 15 is 0 Å². The first-order valence-electron chi connectivity index (χ1n) is 5.36. The molecule has 0 heterocycles. The van der Waals surface area contributed by atoms with Crippen LogP contribution in [0.1, 0.15) is 12.5 Å². The van der Waals surface area contributed by atoms with Crippen LogP contribution in [0.15, 0.2) is 18.2 Å². The second-order valence-corrected chi connectivity index (χ2v) is 4.74. The Morgan fingerprint density at radius 1 is 1.53 bits per heavy atom. The Labute approximate surface area is 114 Å². The molecule has 0 aliphatic heterocycles. The van der Waals surface area contributed by atoms with Crippen LogP contribution in [0.4, 0.5) is 4.39 Å². The van der Waals surface area contributed by atoms with Crippen molar-refractivity contribution in [2.24, 2.45) is 0 Å². The van der Waals surface area contributed by atoms with Crippen molar-refractivity contribution in [3.05, 3.63) is 34.6 Å². The molecule has 0 aromatic heterocycles. The Morgan fingerprint density at radius 3 is 2.76 bits per heavy atom. The largest absolute Gasteiger partial charge is 0.342 e. The van der Waals surface area contributed by atoms with E-state index in [1.807, 2.05) is 6.92 Å². The fraction of sp³-hybridized carbons (Fsp3) is 0.417. The standard InChI is InChI=1S/C12H14BrClFNO/c1-2-16(7-6-13)12(17)8-9-10(14)4-3-5-11(9)15/h3-5H,2,6-8H2,1H3. The topological polar surface area (TPSA) is 20.3 Å². The number of likely N-dealkylation sites (N-methyl/N-ethyl adjacent to an activating group) is 1. The van der Waals surface area contributed by atoms with Crippen LogP contribution >= 0.6 is 27.5 Å². The minimum absolute atomic E-state index is 0.00630. The molecule has 0 aliphatic rings. The molecule has 0 saturated heterocycles. The molecule has 0 atom stereocenters. The van der Waals surface area contributed by atoms with Crippen LogP contribution in [0.3, 0.4) is 0 Å². The van der Waals surface area contributed by atoms with Gasteiger partial charge >= 0.3 is 0 Å². The molecule has 1 rings (SSSR count). The van der Waals surface area contributed by atoms with Crippen LogP contribution in [-0.2, 0) is 11.2 Å². The molecule has 0 spiro atoms. The van der Waals surface area contributed by atoms with Crippen LogP contribution in [0, 0.1) is 5.82 Å². The van der Waals surface area contributed by atoms with Gasteiger partial charge < -0.3 is 4.90 Å². The number of benzene rings is 1. The summed E-state index contributed by atoms with van der Waals surface area (Å²) in [6.45, 7) is 3.11. The van der Waals surface area contributed by atoms with Gasteiger partial charge in [-0.25, -0.2) is 4.39 Å². The van der Waals surface area contributed by atoms with Gasteiger partial charge in [-0.15, -0.1) is 0 Å². The van der Waals surface area contributed by atoms with Crippen molar-refractivity contribution < 1.29 is 9.18 Å². The lowest BCUT2D eigenvalue weighted by atomic mass is 10.1. The summed E-state index contributed by atoms with van der Waals surface area (Å²) in [5.74, 6) is -0.542. The Balaban J connectivity index is 2.80. The Hall–Kier alpha value is -0.610. The zero-order chi connectivity index (χ0) is 12.8. The average molecular weight is 323 g/mol. The van der Waals surface area contributed by atoms with Crippen molar-refractivity contribution in [2.75, 3.05) is 18.4 Å². The van der Waals surface area contributed by atoms with E-state index in [-0.39, 0.29) is 17.9 Å². The minimum atomic E-state index is -0.430. The van der Waals surface area contributed by atoms with Gasteiger partial charge in [0.05, 0.1) is 6.42 Å². The smallest absolute Gasteiger partial charge is 0.227 e. The van der Waals surface area contributed by atoms with Crippen molar-refractivity contribution in [3.63, 3.8) is 0 Å². The lowest BCUT2D eigenvalue weighted by Crippen LogP contribution is -2.33. The third-order valence-electron chi connectivity index (χ3n) is 2.48. The van der Waals surface area contributed by atoms with Crippen molar-refractivity contribution in [2.45, 2.75) is 13.3 Å². The number of hydrogen-bond donors (Lipinski definition) is 0. The van der Waals surface area contributed by atoms with Gasteiger partial charge in [0, 0.05) is 29.0 Å². The van der Waals surface area contributed by atoms with Gasteiger partial charge in [0.15, 0.2) is 0 Å². The first-order valence-corrected chi connectivity index (χ1v) is 6.86. The summed E-state index contributed by atoms with van der Waals surface area (Å²) in [5.41, 5.74) is 0.271. The minimum Gasteiger partial charge on any atom is -0.342 e. The summed E-state index contributed by atoms with van der Waals surface area (Å²) in [7, 11) is 0. The van der Waals surface area contributed by atoms with Gasteiger partial charge in [0.1, 0.15) is 5.82 Å². The maximum Gasteiger partial charge on any atom is 0.227 e. The lowest BCUT2D eigenvalue weighted by molar-refractivity contribution is -0.130. The van der Waals surface area contributed by atoms with E-state index in [1.165, 1.54) is 12.1 Å². The van der Waals surface area contributed by atoms with Crippen molar-refractivity contribution in [1.29, 1.82) is 0 Å². The molecule has 0 bridgehead atoms. The number of hydrogen-bond acceptors (Lipinski definition) is 1. The molecule has 5 heteroatoms. The summed E-state index contributed by atoms with van der Waals surface area (Å²) in [6.07, 6.45) is 0.00630. The molecule has 17 heavy (non-hydrogen) atoms. The third-order valence-corrected chi connectivity index (χ3v) is 3.19. The number of amides is 1. The monoisotopic (exact) mass is 321 g/mol. The lowest BCUT2D eigenvalue weighted by Gasteiger charge is -2.20. The number of rotatable bonds is 5. The number of nitrogens with zero attached hydrogens (tertiary/aromatic N) is 1. The summed E-state index contributed by atoms with van der Waals surface area (Å²) >= 11 is 9.16. The first-order chi connectivity index (χ1) is 8.10. The molecule has 0 aliphatic carbocycles. The highest BCUT2D eigenvalue weighted by atomic mass is 79.9. The molecular formula is C12H14BrClFNO. The fourth-order valence-electron chi connectivity index (χ4n) is 1.53. The van der Waals surface area contributed by atoms with Gasteiger partial charge in [0.25, 0.3) is 0 Å². The van der Waals surface area contributed by atoms with E-state index in [1.54, 1.807) is 11.0 Å². The van der Waals surface area contributed by atoms with Crippen LogP contribution in [0.2, 0.25) is 5.02 Å². The van der Waals surface area contributed by atoms with E-state index in [9.17, 15) is 9.18 Å². The maximum absolute atomic E-state index is 13.5. The highest BCUT2D eigenvalue weighted by Crippen LogP contribution is 2.20. The molecule has 1 aromatic carbocycles. The predicted octanol–water partition coefficient (Wildman–Crippen LogP) is 3.27. The number of carbonyl (C=O) groups excluding carboxylic acids is 1. The normalized spacial score (nSPS) is 10.4. The molecule has 1 amide bonds. The van der Waals surface area contributed by atoms with Crippen molar-refractivity contribution in [3.8, 4) is 0 Å². The van der Waals surface area contributed by atoms with Crippen LogP contribution in [0.25, 0.3) is 0 Å². The van der Waals surface area contributed by atoms with E-state index in [0.29, 0.717) is 23.4 Å². The van der Waals surface area contributed by atoms with Crippen LogP contribution < -0.4 is 0 Å². The first kappa shape index (κ1) is 14.5. The zero-order valence-electron chi connectivity index (χ0n) is 9.55. The van der Waals surface area contributed by atoms with E-state index in [2.05, 4.69) is 15.9 Å².